The third-order valence-electron chi connectivity index (χ3n) is 3.81. The number of esters is 1. The van der Waals surface area contributed by atoms with E-state index < -0.39 is 0 Å². The summed E-state index contributed by atoms with van der Waals surface area (Å²) in [6, 6.07) is 6.17. The lowest BCUT2D eigenvalue weighted by Gasteiger charge is -2.27. The molecule has 132 valence electrons. The first-order valence-electron chi connectivity index (χ1n) is 8.02. The van der Waals surface area contributed by atoms with Crippen LogP contribution >= 0.6 is 12.4 Å². The SMILES string of the molecule is CCOC(=O)C[C@H](N)c1cc(C(C)(C)C)cc(C(C)(C)C)c1.Cl. The van der Waals surface area contributed by atoms with Gasteiger partial charge in [-0.1, -0.05) is 59.7 Å². The first-order valence-corrected chi connectivity index (χ1v) is 8.02. The minimum atomic E-state index is -0.331. The average Bonchev–Trinajstić information content (AvgIpc) is 2.36. The number of halogens is 1. The molecule has 0 heterocycles. The maximum Gasteiger partial charge on any atom is 0.307 e. The van der Waals surface area contributed by atoms with Gasteiger partial charge in [0.2, 0.25) is 0 Å². The highest BCUT2D eigenvalue weighted by Gasteiger charge is 2.22. The Balaban J connectivity index is 0.00000484. The van der Waals surface area contributed by atoms with E-state index in [4.69, 9.17) is 10.5 Å². The molecule has 23 heavy (non-hydrogen) atoms. The van der Waals surface area contributed by atoms with Crippen molar-refractivity contribution in [2.24, 2.45) is 5.73 Å². The Bertz CT molecular complexity index is 495. The molecule has 0 saturated heterocycles. The lowest BCUT2D eigenvalue weighted by Crippen LogP contribution is -2.21. The number of carbonyl (C=O) groups excluding carboxylic acids is 1. The Morgan fingerprint density at radius 1 is 1.04 bits per heavy atom. The molecule has 0 bridgehead atoms. The number of hydrogen-bond acceptors (Lipinski definition) is 3. The number of ether oxygens (including phenoxy) is 1. The molecule has 1 rings (SSSR count). The summed E-state index contributed by atoms with van der Waals surface area (Å²) in [5.41, 5.74) is 9.83. The molecule has 0 radical (unpaired) electrons. The van der Waals surface area contributed by atoms with Gasteiger partial charge in [0.05, 0.1) is 13.0 Å². The molecular formula is C19H32ClNO2. The smallest absolute Gasteiger partial charge is 0.307 e. The fourth-order valence-corrected chi connectivity index (χ4v) is 2.25. The van der Waals surface area contributed by atoms with Crippen LogP contribution in [0, 0.1) is 0 Å². The van der Waals surface area contributed by atoms with Crippen LogP contribution in [0.2, 0.25) is 0 Å². The summed E-state index contributed by atoms with van der Waals surface area (Å²) in [5.74, 6) is -0.242. The zero-order valence-electron chi connectivity index (χ0n) is 15.5. The second kappa shape index (κ2) is 8.16. The molecule has 2 N–H and O–H groups in total. The van der Waals surface area contributed by atoms with Crippen molar-refractivity contribution in [3.8, 4) is 0 Å². The number of hydrogen-bond donors (Lipinski definition) is 1. The summed E-state index contributed by atoms with van der Waals surface area (Å²) in [7, 11) is 0. The number of benzene rings is 1. The topological polar surface area (TPSA) is 52.3 Å². The van der Waals surface area contributed by atoms with Crippen LogP contribution in [0.5, 0.6) is 0 Å². The van der Waals surface area contributed by atoms with Crippen molar-refractivity contribution >= 4 is 18.4 Å². The van der Waals surface area contributed by atoms with Gasteiger partial charge in [-0.2, -0.15) is 0 Å². The molecule has 0 amide bonds. The maximum atomic E-state index is 11.7. The van der Waals surface area contributed by atoms with Gasteiger partial charge in [0, 0.05) is 6.04 Å². The fourth-order valence-electron chi connectivity index (χ4n) is 2.25. The minimum Gasteiger partial charge on any atom is -0.466 e. The highest BCUT2D eigenvalue weighted by molar-refractivity contribution is 5.85. The molecule has 0 aliphatic rings. The third-order valence-corrected chi connectivity index (χ3v) is 3.81. The summed E-state index contributed by atoms with van der Waals surface area (Å²) < 4.78 is 5.01. The van der Waals surface area contributed by atoms with Crippen LogP contribution in [0.25, 0.3) is 0 Å². The van der Waals surface area contributed by atoms with E-state index in [-0.39, 0.29) is 41.7 Å². The Kier molecular flexibility index (Phi) is 7.79. The quantitative estimate of drug-likeness (QED) is 0.810. The van der Waals surface area contributed by atoms with E-state index in [2.05, 4.69) is 59.7 Å². The van der Waals surface area contributed by atoms with Gasteiger partial charge in [-0.3, -0.25) is 4.79 Å². The molecule has 0 aromatic heterocycles. The van der Waals surface area contributed by atoms with Crippen LogP contribution in [0.15, 0.2) is 18.2 Å². The van der Waals surface area contributed by atoms with E-state index in [0.717, 1.165) is 5.56 Å². The van der Waals surface area contributed by atoms with Crippen LogP contribution < -0.4 is 5.73 Å². The van der Waals surface area contributed by atoms with Gasteiger partial charge < -0.3 is 10.5 Å². The van der Waals surface area contributed by atoms with Crippen LogP contribution in [-0.2, 0) is 20.4 Å². The van der Waals surface area contributed by atoms with Crippen LogP contribution in [0.4, 0.5) is 0 Å². The van der Waals surface area contributed by atoms with Crippen molar-refractivity contribution in [2.45, 2.75) is 71.8 Å². The molecule has 1 atom stereocenters. The van der Waals surface area contributed by atoms with Gasteiger partial charge in [-0.15, -0.1) is 12.4 Å². The van der Waals surface area contributed by atoms with E-state index in [0.29, 0.717) is 6.61 Å². The monoisotopic (exact) mass is 341 g/mol. The van der Waals surface area contributed by atoms with Gasteiger partial charge in [0.1, 0.15) is 0 Å². The van der Waals surface area contributed by atoms with Gasteiger partial charge >= 0.3 is 5.97 Å². The number of nitrogens with two attached hydrogens (primary N) is 1. The van der Waals surface area contributed by atoms with E-state index in [9.17, 15) is 4.79 Å². The largest absolute Gasteiger partial charge is 0.466 e. The molecule has 0 unspecified atom stereocenters. The first-order chi connectivity index (χ1) is 9.95. The summed E-state index contributed by atoms with van der Waals surface area (Å²) in [5, 5.41) is 0. The van der Waals surface area contributed by atoms with E-state index in [1.807, 2.05) is 0 Å². The highest BCUT2D eigenvalue weighted by atomic mass is 35.5. The average molecular weight is 342 g/mol. The molecule has 0 fully saturated rings. The molecule has 0 saturated carbocycles. The minimum absolute atomic E-state index is 0. The normalized spacial score (nSPS) is 13.2. The highest BCUT2D eigenvalue weighted by Crippen LogP contribution is 2.32. The first kappa shape index (κ1) is 21.9. The van der Waals surface area contributed by atoms with Crippen LogP contribution in [0.1, 0.15) is 77.6 Å². The fraction of sp³-hybridized carbons (Fsp3) is 0.632. The second-order valence-corrected chi connectivity index (χ2v) is 7.96. The predicted molar refractivity (Wildman–Crippen MR) is 99.3 cm³/mol. The molecule has 1 aromatic carbocycles. The van der Waals surface area contributed by atoms with E-state index >= 15 is 0 Å². The molecule has 3 nitrogen and oxygen atoms in total. The molecule has 0 aliphatic heterocycles. The lowest BCUT2D eigenvalue weighted by molar-refractivity contribution is -0.143. The Labute approximate surface area is 147 Å². The van der Waals surface area contributed by atoms with Crippen molar-refractivity contribution < 1.29 is 9.53 Å². The lowest BCUT2D eigenvalue weighted by atomic mass is 9.78. The standard InChI is InChI=1S/C19H31NO2.ClH/c1-8-22-17(21)12-16(20)13-9-14(18(2,3)4)11-15(10-13)19(5,6)7;/h9-11,16H,8,12,20H2,1-7H3;1H/t16-;/m0./s1. The van der Waals surface area contributed by atoms with Crippen LogP contribution in [0.3, 0.4) is 0 Å². The molecule has 0 aliphatic carbocycles. The van der Waals surface area contributed by atoms with Gasteiger partial charge in [-0.05, 0) is 34.4 Å². The summed E-state index contributed by atoms with van der Waals surface area (Å²) in [6.45, 7) is 15.3. The molecule has 1 aromatic rings. The van der Waals surface area contributed by atoms with Crippen molar-refractivity contribution in [1.29, 1.82) is 0 Å². The number of rotatable bonds is 4. The Morgan fingerprint density at radius 2 is 1.48 bits per heavy atom. The van der Waals surface area contributed by atoms with Crippen molar-refractivity contribution in [3.05, 3.63) is 34.9 Å². The van der Waals surface area contributed by atoms with Crippen molar-refractivity contribution in [1.82, 2.24) is 0 Å². The molecular weight excluding hydrogens is 310 g/mol. The van der Waals surface area contributed by atoms with E-state index in [1.54, 1.807) is 6.92 Å². The Hall–Kier alpha value is -1.06. The predicted octanol–water partition coefficient (Wildman–Crippen LogP) is 4.66. The van der Waals surface area contributed by atoms with Gasteiger partial charge in [0.15, 0.2) is 0 Å². The summed E-state index contributed by atoms with van der Waals surface area (Å²) >= 11 is 0. The van der Waals surface area contributed by atoms with Crippen molar-refractivity contribution in [2.75, 3.05) is 6.61 Å². The van der Waals surface area contributed by atoms with Crippen LogP contribution in [-0.4, -0.2) is 12.6 Å². The summed E-state index contributed by atoms with van der Waals surface area (Å²) in [4.78, 5) is 11.7. The Morgan fingerprint density at radius 3 is 1.83 bits per heavy atom. The molecule has 4 heteroatoms. The van der Waals surface area contributed by atoms with E-state index in [1.165, 1.54) is 11.1 Å². The number of carbonyl (C=O) groups is 1. The van der Waals surface area contributed by atoms with Crippen molar-refractivity contribution in [3.63, 3.8) is 0 Å². The van der Waals surface area contributed by atoms with Gasteiger partial charge in [0.25, 0.3) is 0 Å². The maximum absolute atomic E-state index is 11.7. The van der Waals surface area contributed by atoms with Gasteiger partial charge in [-0.25, -0.2) is 0 Å². The second-order valence-electron chi connectivity index (χ2n) is 7.96. The zero-order chi connectivity index (χ0) is 17.1. The third kappa shape index (κ3) is 6.52. The molecule has 0 spiro atoms. The summed E-state index contributed by atoms with van der Waals surface area (Å²) in [6.07, 6.45) is 0.213. The zero-order valence-corrected chi connectivity index (χ0v) is 16.3.